The van der Waals surface area contributed by atoms with E-state index in [1.54, 1.807) is 36.1 Å². The second-order valence-corrected chi connectivity index (χ2v) is 7.44. The van der Waals surface area contributed by atoms with Crippen LogP contribution in [-0.2, 0) is 9.59 Å². The number of rotatable bonds is 5. The number of piperazine rings is 1. The number of nitrogens with zero attached hydrogens (tertiary/aromatic N) is 4. The summed E-state index contributed by atoms with van der Waals surface area (Å²) < 4.78 is 5.72. The summed E-state index contributed by atoms with van der Waals surface area (Å²) >= 11 is 0. The van der Waals surface area contributed by atoms with E-state index in [4.69, 9.17) is 10.00 Å². The molecule has 2 saturated heterocycles. The lowest BCUT2D eigenvalue weighted by molar-refractivity contribution is -0.140. The van der Waals surface area contributed by atoms with Gasteiger partial charge in [0.05, 0.1) is 18.2 Å². The van der Waals surface area contributed by atoms with Crippen LogP contribution < -0.4 is 4.74 Å². The molecule has 1 atom stereocenters. The van der Waals surface area contributed by atoms with E-state index in [-0.39, 0.29) is 11.8 Å². The zero-order valence-corrected chi connectivity index (χ0v) is 16.5. The fourth-order valence-electron chi connectivity index (χ4n) is 3.68. The largest absolute Gasteiger partial charge is 0.481 e. The second kappa shape index (κ2) is 9.56. The summed E-state index contributed by atoms with van der Waals surface area (Å²) in [5.74, 6) is 0.731. The van der Waals surface area contributed by atoms with Crippen LogP contribution >= 0.6 is 0 Å². The Bertz CT molecular complexity index is 714. The van der Waals surface area contributed by atoms with Crippen molar-refractivity contribution < 1.29 is 14.3 Å². The number of likely N-dealkylation sites (tertiary alicyclic amines) is 1. The Balaban J connectivity index is 1.43. The summed E-state index contributed by atoms with van der Waals surface area (Å²) in [5.41, 5.74) is 0.557. The minimum atomic E-state index is -0.588. The molecule has 2 amide bonds. The fraction of sp³-hybridized carbons (Fsp3) is 0.571. The average Bonchev–Trinajstić information content (AvgIpc) is 2.75. The van der Waals surface area contributed by atoms with Gasteiger partial charge in [0.15, 0.2) is 6.10 Å². The molecule has 2 heterocycles. The Morgan fingerprint density at radius 3 is 2.25 bits per heavy atom. The van der Waals surface area contributed by atoms with Crippen LogP contribution in [0.2, 0.25) is 0 Å². The number of ether oxygens (including phenoxy) is 1. The van der Waals surface area contributed by atoms with Gasteiger partial charge in [-0.25, -0.2) is 0 Å². The first-order chi connectivity index (χ1) is 13.6. The summed E-state index contributed by atoms with van der Waals surface area (Å²) in [6.45, 7) is 6.55. The van der Waals surface area contributed by atoms with E-state index < -0.39 is 6.10 Å². The van der Waals surface area contributed by atoms with Crippen LogP contribution in [0.25, 0.3) is 0 Å². The number of benzene rings is 1. The summed E-state index contributed by atoms with van der Waals surface area (Å²) in [6, 6.07) is 8.80. The number of amides is 2. The van der Waals surface area contributed by atoms with Crippen molar-refractivity contribution in [1.29, 1.82) is 5.26 Å². The van der Waals surface area contributed by atoms with E-state index in [2.05, 4.69) is 11.0 Å². The van der Waals surface area contributed by atoms with Gasteiger partial charge >= 0.3 is 0 Å². The van der Waals surface area contributed by atoms with Crippen molar-refractivity contribution in [3.63, 3.8) is 0 Å². The van der Waals surface area contributed by atoms with Crippen molar-refractivity contribution in [3.8, 4) is 11.8 Å². The van der Waals surface area contributed by atoms with Gasteiger partial charge in [0.2, 0.25) is 5.91 Å². The van der Waals surface area contributed by atoms with Crippen LogP contribution in [0.1, 0.15) is 31.7 Å². The lowest BCUT2D eigenvalue weighted by Gasteiger charge is -2.36. The first-order valence-corrected chi connectivity index (χ1v) is 10.0. The van der Waals surface area contributed by atoms with E-state index >= 15 is 0 Å². The van der Waals surface area contributed by atoms with Crippen molar-refractivity contribution in [2.45, 2.75) is 32.3 Å². The molecule has 1 unspecified atom stereocenters. The number of carbonyl (C=O) groups excluding carboxylic acids is 2. The average molecular weight is 384 g/mol. The SMILES string of the molecule is CC(Oc1ccc(C#N)cc1)C(=O)N1CCN(CC(=O)N2CCCCC2)CC1. The molecule has 2 aliphatic heterocycles. The lowest BCUT2D eigenvalue weighted by atomic mass is 10.1. The predicted octanol–water partition coefficient (Wildman–Crippen LogP) is 1.48. The monoisotopic (exact) mass is 384 g/mol. The fourth-order valence-corrected chi connectivity index (χ4v) is 3.68. The Morgan fingerprint density at radius 2 is 1.64 bits per heavy atom. The molecule has 2 fully saturated rings. The zero-order chi connectivity index (χ0) is 19.9. The van der Waals surface area contributed by atoms with Gasteiger partial charge in [-0.05, 0) is 50.5 Å². The van der Waals surface area contributed by atoms with Crippen molar-refractivity contribution in [2.24, 2.45) is 0 Å². The molecular weight excluding hydrogens is 356 g/mol. The van der Waals surface area contributed by atoms with Crippen LogP contribution in [0.4, 0.5) is 0 Å². The molecule has 0 spiro atoms. The number of carbonyl (C=O) groups is 2. The van der Waals surface area contributed by atoms with Crippen LogP contribution in [0.15, 0.2) is 24.3 Å². The second-order valence-electron chi connectivity index (χ2n) is 7.44. The highest BCUT2D eigenvalue weighted by Crippen LogP contribution is 2.15. The molecule has 1 aromatic carbocycles. The summed E-state index contributed by atoms with van der Waals surface area (Å²) in [7, 11) is 0. The van der Waals surface area contributed by atoms with Crippen molar-refractivity contribution >= 4 is 11.8 Å². The van der Waals surface area contributed by atoms with E-state index in [9.17, 15) is 9.59 Å². The normalized spacial score (nSPS) is 19.0. The molecule has 0 bridgehead atoms. The number of piperidine rings is 1. The van der Waals surface area contributed by atoms with Crippen molar-refractivity contribution in [3.05, 3.63) is 29.8 Å². The molecule has 150 valence electrons. The van der Waals surface area contributed by atoms with Gasteiger partial charge in [-0.2, -0.15) is 5.26 Å². The van der Waals surface area contributed by atoms with Crippen molar-refractivity contribution in [1.82, 2.24) is 14.7 Å². The maximum Gasteiger partial charge on any atom is 0.263 e. The highest BCUT2D eigenvalue weighted by Gasteiger charge is 2.27. The molecule has 2 aliphatic rings. The molecule has 3 rings (SSSR count). The topological polar surface area (TPSA) is 76.9 Å². The highest BCUT2D eigenvalue weighted by molar-refractivity contribution is 5.81. The first-order valence-electron chi connectivity index (χ1n) is 10.0. The maximum atomic E-state index is 12.7. The van der Waals surface area contributed by atoms with Crippen LogP contribution in [0.3, 0.4) is 0 Å². The minimum Gasteiger partial charge on any atom is -0.481 e. The lowest BCUT2D eigenvalue weighted by Crippen LogP contribution is -2.54. The molecule has 7 nitrogen and oxygen atoms in total. The molecule has 0 N–H and O–H groups in total. The smallest absolute Gasteiger partial charge is 0.263 e. The summed E-state index contributed by atoms with van der Waals surface area (Å²) in [5, 5.41) is 8.84. The zero-order valence-electron chi connectivity index (χ0n) is 16.5. The van der Waals surface area contributed by atoms with Crippen molar-refractivity contribution in [2.75, 3.05) is 45.8 Å². The van der Waals surface area contributed by atoms with E-state index in [1.807, 2.05) is 4.90 Å². The molecule has 0 saturated carbocycles. The summed E-state index contributed by atoms with van der Waals surface area (Å²) in [6.07, 6.45) is 2.83. The van der Waals surface area contributed by atoms with E-state index in [0.717, 1.165) is 25.9 Å². The van der Waals surface area contributed by atoms with Crippen LogP contribution in [-0.4, -0.2) is 78.4 Å². The third kappa shape index (κ3) is 5.23. The van der Waals surface area contributed by atoms with Crippen LogP contribution in [0, 0.1) is 11.3 Å². The third-order valence-electron chi connectivity index (χ3n) is 5.40. The summed E-state index contributed by atoms with van der Waals surface area (Å²) in [4.78, 5) is 31.0. The van der Waals surface area contributed by atoms with Gasteiger partial charge in [0, 0.05) is 39.3 Å². The van der Waals surface area contributed by atoms with Gasteiger partial charge in [0.25, 0.3) is 5.91 Å². The quantitative estimate of drug-likeness (QED) is 0.769. The predicted molar refractivity (Wildman–Crippen MR) is 105 cm³/mol. The molecule has 0 aromatic heterocycles. The molecule has 7 heteroatoms. The van der Waals surface area contributed by atoms with Gasteiger partial charge in [0.1, 0.15) is 5.75 Å². The molecule has 0 aliphatic carbocycles. The highest BCUT2D eigenvalue weighted by atomic mass is 16.5. The Hall–Kier alpha value is -2.59. The molecular formula is C21H28N4O3. The van der Waals surface area contributed by atoms with Crippen LogP contribution in [0.5, 0.6) is 5.75 Å². The first kappa shape index (κ1) is 20.2. The number of hydrogen-bond acceptors (Lipinski definition) is 5. The number of nitriles is 1. The maximum absolute atomic E-state index is 12.7. The Morgan fingerprint density at radius 1 is 1.00 bits per heavy atom. The number of hydrogen-bond donors (Lipinski definition) is 0. The van der Waals surface area contributed by atoms with Gasteiger partial charge in [-0.3, -0.25) is 14.5 Å². The Labute approximate surface area is 166 Å². The molecule has 28 heavy (non-hydrogen) atoms. The van der Waals surface area contributed by atoms with Gasteiger partial charge in [-0.15, -0.1) is 0 Å². The standard InChI is InChI=1S/C21H28N4O3/c1-17(28-19-7-5-18(15-22)6-8-19)21(27)25-13-11-23(12-14-25)16-20(26)24-9-3-2-4-10-24/h5-8,17H,2-4,9-14,16H2,1H3. The van der Waals surface area contributed by atoms with E-state index in [0.29, 0.717) is 44.0 Å². The van der Waals surface area contributed by atoms with Gasteiger partial charge in [-0.1, -0.05) is 0 Å². The molecule has 0 radical (unpaired) electrons. The van der Waals surface area contributed by atoms with Gasteiger partial charge < -0.3 is 14.5 Å². The minimum absolute atomic E-state index is 0.0497. The molecule has 1 aromatic rings. The van der Waals surface area contributed by atoms with E-state index in [1.165, 1.54) is 6.42 Å². The Kier molecular flexibility index (Phi) is 6.88. The third-order valence-corrected chi connectivity index (χ3v) is 5.40.